The molecular weight excluding hydrogens is 246 g/mol. The van der Waals surface area contributed by atoms with Crippen LogP contribution in [0, 0.1) is 6.92 Å². The summed E-state index contributed by atoms with van der Waals surface area (Å²) in [4.78, 5) is 0. The fourth-order valence-corrected chi connectivity index (χ4v) is 2.18. The molecule has 0 unspecified atom stereocenters. The van der Waals surface area contributed by atoms with E-state index in [0.717, 1.165) is 27.7 Å². The Balaban J connectivity index is 2.08. The third kappa shape index (κ3) is 2.38. The molecule has 0 aliphatic heterocycles. The van der Waals surface area contributed by atoms with Gasteiger partial charge in [-0.05, 0) is 36.1 Å². The molecule has 0 aliphatic carbocycles. The first-order valence-electron chi connectivity index (χ1n) is 6.50. The number of benzene rings is 3. The summed E-state index contributed by atoms with van der Waals surface area (Å²) < 4.78 is 0. The number of nitrogen functional groups attached to an aromatic ring is 1. The van der Waals surface area contributed by atoms with Gasteiger partial charge in [0, 0.05) is 5.39 Å². The number of hydrogen-bond donors (Lipinski definition) is 1. The average molecular weight is 261 g/mol. The summed E-state index contributed by atoms with van der Waals surface area (Å²) in [5.74, 6) is 0. The molecule has 3 heteroatoms. The van der Waals surface area contributed by atoms with E-state index in [0.29, 0.717) is 5.69 Å². The first kappa shape index (κ1) is 12.4. The van der Waals surface area contributed by atoms with Gasteiger partial charge >= 0.3 is 0 Å². The van der Waals surface area contributed by atoms with E-state index < -0.39 is 0 Å². The van der Waals surface area contributed by atoms with Gasteiger partial charge in [0.1, 0.15) is 5.69 Å². The van der Waals surface area contributed by atoms with Crippen molar-refractivity contribution in [1.82, 2.24) is 0 Å². The van der Waals surface area contributed by atoms with E-state index in [2.05, 4.69) is 10.2 Å². The molecule has 0 fully saturated rings. The van der Waals surface area contributed by atoms with Crippen LogP contribution in [0.3, 0.4) is 0 Å². The molecule has 3 aromatic carbocycles. The number of nitrogens with two attached hydrogens (primary N) is 1. The normalized spacial score (nSPS) is 11.2. The zero-order valence-corrected chi connectivity index (χ0v) is 11.2. The lowest BCUT2D eigenvalue weighted by atomic mass is 10.1. The van der Waals surface area contributed by atoms with E-state index in [4.69, 9.17) is 5.73 Å². The van der Waals surface area contributed by atoms with Gasteiger partial charge in [-0.15, -0.1) is 5.11 Å². The highest BCUT2D eigenvalue weighted by molar-refractivity contribution is 5.97. The van der Waals surface area contributed by atoms with Crippen molar-refractivity contribution in [2.45, 2.75) is 6.92 Å². The van der Waals surface area contributed by atoms with Gasteiger partial charge in [-0.2, -0.15) is 5.11 Å². The highest BCUT2D eigenvalue weighted by atomic mass is 15.1. The van der Waals surface area contributed by atoms with Crippen LogP contribution in [0.1, 0.15) is 5.56 Å². The zero-order valence-electron chi connectivity index (χ0n) is 11.2. The lowest BCUT2D eigenvalue weighted by Gasteiger charge is -2.04. The molecule has 20 heavy (non-hydrogen) atoms. The summed E-state index contributed by atoms with van der Waals surface area (Å²) in [6.07, 6.45) is 0. The molecule has 0 bridgehead atoms. The molecule has 0 heterocycles. The second-order valence-electron chi connectivity index (χ2n) is 4.76. The van der Waals surface area contributed by atoms with Gasteiger partial charge in [-0.3, -0.25) is 0 Å². The minimum absolute atomic E-state index is 0.639. The monoisotopic (exact) mass is 261 g/mol. The number of azo groups is 1. The van der Waals surface area contributed by atoms with Crippen molar-refractivity contribution in [3.63, 3.8) is 0 Å². The number of fused-ring (bicyclic) bond motifs is 1. The zero-order chi connectivity index (χ0) is 13.9. The molecular formula is C17H15N3. The van der Waals surface area contributed by atoms with E-state index in [-0.39, 0.29) is 0 Å². The molecule has 0 saturated heterocycles. The van der Waals surface area contributed by atoms with Crippen LogP contribution in [0.2, 0.25) is 0 Å². The Bertz CT molecular complexity index is 791. The lowest BCUT2D eigenvalue weighted by molar-refractivity contribution is 1.23. The van der Waals surface area contributed by atoms with E-state index in [1.807, 2.05) is 67.6 Å². The third-order valence-corrected chi connectivity index (χ3v) is 3.20. The molecule has 3 nitrogen and oxygen atoms in total. The molecule has 3 aromatic rings. The Morgan fingerprint density at radius 2 is 1.70 bits per heavy atom. The number of rotatable bonds is 2. The van der Waals surface area contributed by atoms with Crippen LogP contribution in [-0.4, -0.2) is 0 Å². The molecule has 0 aliphatic rings. The van der Waals surface area contributed by atoms with Gasteiger partial charge in [-0.25, -0.2) is 0 Å². The van der Waals surface area contributed by atoms with Gasteiger partial charge in [0.2, 0.25) is 0 Å². The topological polar surface area (TPSA) is 50.7 Å². The molecule has 0 aromatic heterocycles. The predicted molar refractivity (Wildman–Crippen MR) is 83.7 cm³/mol. The van der Waals surface area contributed by atoms with Crippen molar-refractivity contribution >= 4 is 27.8 Å². The standard InChI is InChI=1S/C17H15N3/c1-12-5-4-7-14(11-12)19-20-17-15-8-3-2-6-13(15)9-10-16(17)18/h2-11H,18H2,1H3. The summed E-state index contributed by atoms with van der Waals surface area (Å²) >= 11 is 0. The minimum atomic E-state index is 0.639. The van der Waals surface area contributed by atoms with Crippen LogP contribution < -0.4 is 5.73 Å². The molecule has 0 amide bonds. The molecule has 0 spiro atoms. The van der Waals surface area contributed by atoms with Crippen LogP contribution in [0.5, 0.6) is 0 Å². The van der Waals surface area contributed by atoms with E-state index in [1.54, 1.807) is 0 Å². The van der Waals surface area contributed by atoms with Crippen molar-refractivity contribution < 1.29 is 0 Å². The summed E-state index contributed by atoms with van der Waals surface area (Å²) in [6.45, 7) is 2.03. The average Bonchev–Trinajstić information content (AvgIpc) is 2.46. The fraction of sp³-hybridized carbons (Fsp3) is 0.0588. The molecule has 0 radical (unpaired) electrons. The Kier molecular flexibility index (Phi) is 3.17. The Labute approximate surface area is 117 Å². The van der Waals surface area contributed by atoms with Crippen molar-refractivity contribution in [2.75, 3.05) is 5.73 Å². The minimum Gasteiger partial charge on any atom is -0.397 e. The maximum atomic E-state index is 6.03. The van der Waals surface area contributed by atoms with E-state index in [1.165, 1.54) is 0 Å². The molecule has 0 atom stereocenters. The first-order chi connectivity index (χ1) is 9.74. The van der Waals surface area contributed by atoms with Crippen LogP contribution in [-0.2, 0) is 0 Å². The van der Waals surface area contributed by atoms with Crippen molar-refractivity contribution in [1.29, 1.82) is 0 Å². The van der Waals surface area contributed by atoms with Gasteiger partial charge in [0.25, 0.3) is 0 Å². The SMILES string of the molecule is Cc1cccc(N=Nc2c(N)ccc3ccccc23)c1. The Morgan fingerprint density at radius 3 is 2.55 bits per heavy atom. The predicted octanol–water partition coefficient (Wildman–Crippen LogP) is 5.15. The lowest BCUT2D eigenvalue weighted by Crippen LogP contribution is -1.85. The Morgan fingerprint density at radius 1 is 0.850 bits per heavy atom. The molecule has 0 saturated carbocycles. The largest absolute Gasteiger partial charge is 0.397 e. The first-order valence-corrected chi connectivity index (χ1v) is 6.50. The number of nitrogens with zero attached hydrogens (tertiary/aromatic N) is 2. The van der Waals surface area contributed by atoms with E-state index in [9.17, 15) is 0 Å². The summed E-state index contributed by atoms with van der Waals surface area (Å²) in [5.41, 5.74) is 9.38. The number of anilines is 1. The smallest absolute Gasteiger partial charge is 0.116 e. The van der Waals surface area contributed by atoms with Crippen LogP contribution in [0.15, 0.2) is 70.9 Å². The van der Waals surface area contributed by atoms with Crippen molar-refractivity contribution in [3.05, 3.63) is 66.2 Å². The third-order valence-electron chi connectivity index (χ3n) is 3.20. The Hall–Kier alpha value is -2.68. The molecule has 98 valence electrons. The second kappa shape index (κ2) is 5.13. The fourth-order valence-electron chi connectivity index (χ4n) is 2.18. The van der Waals surface area contributed by atoms with Gasteiger partial charge < -0.3 is 5.73 Å². The summed E-state index contributed by atoms with van der Waals surface area (Å²) in [5, 5.41) is 10.8. The molecule has 3 rings (SSSR count). The van der Waals surface area contributed by atoms with Crippen LogP contribution in [0.25, 0.3) is 10.8 Å². The summed E-state index contributed by atoms with van der Waals surface area (Å²) in [7, 11) is 0. The number of hydrogen-bond acceptors (Lipinski definition) is 3. The highest BCUT2D eigenvalue weighted by Gasteiger charge is 2.04. The quantitative estimate of drug-likeness (QED) is 0.503. The maximum Gasteiger partial charge on any atom is 0.116 e. The summed E-state index contributed by atoms with van der Waals surface area (Å²) in [6, 6.07) is 19.8. The maximum absolute atomic E-state index is 6.03. The highest BCUT2D eigenvalue weighted by Crippen LogP contribution is 2.33. The van der Waals surface area contributed by atoms with Gasteiger partial charge in [0.15, 0.2) is 0 Å². The van der Waals surface area contributed by atoms with Gasteiger partial charge in [0.05, 0.1) is 11.4 Å². The molecule has 2 N–H and O–H groups in total. The van der Waals surface area contributed by atoms with Crippen molar-refractivity contribution in [3.8, 4) is 0 Å². The van der Waals surface area contributed by atoms with Crippen LogP contribution in [0.4, 0.5) is 17.1 Å². The van der Waals surface area contributed by atoms with Crippen molar-refractivity contribution in [2.24, 2.45) is 10.2 Å². The number of aryl methyl sites for hydroxylation is 1. The van der Waals surface area contributed by atoms with E-state index >= 15 is 0 Å². The van der Waals surface area contributed by atoms with Gasteiger partial charge in [-0.1, -0.05) is 42.5 Å². The van der Waals surface area contributed by atoms with Crippen LogP contribution >= 0.6 is 0 Å². The second-order valence-corrected chi connectivity index (χ2v) is 4.76.